The number of hydrogen-bond acceptors (Lipinski definition) is 3. The Labute approximate surface area is 173 Å². The molecule has 2 amide bonds. The van der Waals surface area contributed by atoms with Crippen molar-refractivity contribution in [2.75, 3.05) is 19.6 Å². The predicted octanol–water partition coefficient (Wildman–Crippen LogP) is 3.91. The van der Waals surface area contributed by atoms with Gasteiger partial charge in [0.1, 0.15) is 0 Å². The average Bonchev–Trinajstić information content (AvgIpc) is 2.73. The Morgan fingerprint density at radius 3 is 2.17 bits per heavy atom. The van der Waals surface area contributed by atoms with E-state index < -0.39 is 0 Å². The zero-order valence-corrected chi connectivity index (χ0v) is 17.7. The van der Waals surface area contributed by atoms with Crippen LogP contribution < -0.4 is 5.32 Å². The van der Waals surface area contributed by atoms with Crippen molar-refractivity contribution < 1.29 is 14.4 Å². The van der Waals surface area contributed by atoms with Gasteiger partial charge >= 0.3 is 0 Å². The van der Waals surface area contributed by atoms with Gasteiger partial charge in [-0.2, -0.15) is 0 Å². The molecule has 1 N–H and O–H groups in total. The van der Waals surface area contributed by atoms with Crippen molar-refractivity contribution >= 4 is 17.6 Å². The highest BCUT2D eigenvalue weighted by Gasteiger charge is 2.18. The van der Waals surface area contributed by atoms with Crippen molar-refractivity contribution in [1.82, 2.24) is 10.2 Å². The standard InChI is InChI=1S/C24H30N2O3/c1-5-26(6-2)22(27)12-9-15-25-24(29)21-11-8-7-10-20(21)23(28)19-14-13-17(3)18(4)16-19/h7-8,10-11,13-14,16H,5-6,9,12,15H2,1-4H3,(H,25,29). The number of hydrogen-bond donors (Lipinski definition) is 1. The fourth-order valence-corrected chi connectivity index (χ4v) is 3.19. The van der Waals surface area contributed by atoms with E-state index in [1.165, 1.54) is 0 Å². The largest absolute Gasteiger partial charge is 0.352 e. The molecular weight excluding hydrogens is 364 g/mol. The molecule has 0 atom stereocenters. The lowest BCUT2D eigenvalue weighted by Gasteiger charge is -2.18. The Hall–Kier alpha value is -2.95. The van der Waals surface area contributed by atoms with Crippen LogP contribution in [0.4, 0.5) is 0 Å². The van der Waals surface area contributed by atoms with Gasteiger partial charge in [0.2, 0.25) is 5.91 Å². The quantitative estimate of drug-likeness (QED) is 0.518. The van der Waals surface area contributed by atoms with Gasteiger partial charge in [0, 0.05) is 37.2 Å². The second kappa shape index (κ2) is 10.6. The molecule has 2 aromatic carbocycles. The number of amides is 2. The Morgan fingerprint density at radius 2 is 1.55 bits per heavy atom. The van der Waals surface area contributed by atoms with Gasteiger partial charge in [0.15, 0.2) is 5.78 Å². The van der Waals surface area contributed by atoms with Crippen LogP contribution in [-0.4, -0.2) is 42.1 Å². The van der Waals surface area contributed by atoms with Crippen LogP contribution in [0.5, 0.6) is 0 Å². The van der Waals surface area contributed by atoms with Crippen molar-refractivity contribution in [3.63, 3.8) is 0 Å². The fraction of sp³-hybridized carbons (Fsp3) is 0.375. The van der Waals surface area contributed by atoms with Crippen molar-refractivity contribution in [3.05, 3.63) is 70.3 Å². The first-order valence-electron chi connectivity index (χ1n) is 10.2. The lowest BCUT2D eigenvalue weighted by molar-refractivity contribution is -0.130. The molecule has 0 spiro atoms. The molecule has 0 saturated carbocycles. The number of carbonyl (C=O) groups excluding carboxylic acids is 3. The van der Waals surface area contributed by atoms with Crippen molar-refractivity contribution in [3.8, 4) is 0 Å². The number of nitrogens with one attached hydrogen (secondary N) is 1. The number of rotatable bonds is 9. The van der Waals surface area contributed by atoms with E-state index in [4.69, 9.17) is 0 Å². The third kappa shape index (κ3) is 5.76. The van der Waals surface area contributed by atoms with E-state index >= 15 is 0 Å². The molecule has 0 aromatic heterocycles. The van der Waals surface area contributed by atoms with Crippen molar-refractivity contribution in [2.24, 2.45) is 0 Å². The monoisotopic (exact) mass is 394 g/mol. The van der Waals surface area contributed by atoms with E-state index in [1.807, 2.05) is 39.8 Å². The molecule has 0 unspecified atom stereocenters. The van der Waals surface area contributed by atoms with E-state index in [9.17, 15) is 14.4 Å². The SMILES string of the molecule is CCN(CC)C(=O)CCCNC(=O)c1ccccc1C(=O)c1ccc(C)c(C)c1. The Balaban J connectivity index is 2.04. The number of aryl methyl sites for hydroxylation is 2. The fourth-order valence-electron chi connectivity index (χ4n) is 3.19. The van der Waals surface area contributed by atoms with E-state index in [-0.39, 0.29) is 17.6 Å². The summed E-state index contributed by atoms with van der Waals surface area (Å²) in [5.41, 5.74) is 3.46. The number of nitrogens with zero attached hydrogens (tertiary/aromatic N) is 1. The maximum absolute atomic E-state index is 13.0. The van der Waals surface area contributed by atoms with Crippen LogP contribution >= 0.6 is 0 Å². The summed E-state index contributed by atoms with van der Waals surface area (Å²) in [6.07, 6.45) is 0.958. The van der Waals surface area contributed by atoms with Crippen LogP contribution in [0.1, 0.15) is 64.1 Å². The minimum atomic E-state index is -0.298. The summed E-state index contributed by atoms with van der Waals surface area (Å²) in [7, 11) is 0. The van der Waals surface area contributed by atoms with Gasteiger partial charge in [-0.3, -0.25) is 14.4 Å². The molecule has 0 bridgehead atoms. The molecule has 29 heavy (non-hydrogen) atoms. The lowest BCUT2D eigenvalue weighted by atomic mass is 9.95. The molecule has 0 aliphatic heterocycles. The Bertz CT molecular complexity index is 885. The third-order valence-corrected chi connectivity index (χ3v) is 5.15. The molecule has 0 radical (unpaired) electrons. The van der Waals surface area contributed by atoms with E-state index in [2.05, 4.69) is 5.32 Å². The summed E-state index contributed by atoms with van der Waals surface area (Å²) >= 11 is 0. The van der Waals surface area contributed by atoms with Gasteiger partial charge in [-0.15, -0.1) is 0 Å². The number of carbonyl (C=O) groups is 3. The summed E-state index contributed by atoms with van der Waals surface area (Å²) in [6.45, 7) is 9.63. The van der Waals surface area contributed by atoms with E-state index in [0.29, 0.717) is 49.2 Å². The van der Waals surface area contributed by atoms with Gasteiger partial charge in [-0.25, -0.2) is 0 Å². The average molecular weight is 395 g/mol. The summed E-state index contributed by atoms with van der Waals surface area (Å²) in [4.78, 5) is 39.4. The van der Waals surface area contributed by atoms with Crippen LogP contribution in [0.2, 0.25) is 0 Å². The van der Waals surface area contributed by atoms with E-state index in [1.54, 1.807) is 35.2 Å². The molecule has 0 aliphatic carbocycles. The second-order valence-corrected chi connectivity index (χ2v) is 7.10. The van der Waals surface area contributed by atoms with Crippen LogP contribution in [0, 0.1) is 13.8 Å². The van der Waals surface area contributed by atoms with Gasteiger partial charge in [-0.1, -0.05) is 30.3 Å². The third-order valence-electron chi connectivity index (χ3n) is 5.15. The molecule has 5 nitrogen and oxygen atoms in total. The summed E-state index contributed by atoms with van der Waals surface area (Å²) in [5.74, 6) is -0.377. The Kier molecular flexibility index (Phi) is 8.13. The maximum Gasteiger partial charge on any atom is 0.252 e. The van der Waals surface area contributed by atoms with Crippen LogP contribution in [-0.2, 0) is 4.79 Å². The van der Waals surface area contributed by atoms with Crippen LogP contribution in [0.25, 0.3) is 0 Å². The minimum Gasteiger partial charge on any atom is -0.352 e. The molecule has 0 aliphatic rings. The summed E-state index contributed by atoms with van der Waals surface area (Å²) in [5, 5.41) is 2.83. The van der Waals surface area contributed by atoms with Crippen molar-refractivity contribution in [1.29, 1.82) is 0 Å². The molecule has 0 heterocycles. The summed E-state index contributed by atoms with van der Waals surface area (Å²) < 4.78 is 0. The lowest BCUT2D eigenvalue weighted by Crippen LogP contribution is -2.32. The Morgan fingerprint density at radius 1 is 0.897 bits per heavy atom. The van der Waals surface area contributed by atoms with Gasteiger partial charge in [-0.05, 0) is 57.4 Å². The van der Waals surface area contributed by atoms with Gasteiger partial charge in [0.25, 0.3) is 5.91 Å². The topological polar surface area (TPSA) is 66.5 Å². The van der Waals surface area contributed by atoms with E-state index in [0.717, 1.165) is 11.1 Å². The van der Waals surface area contributed by atoms with Gasteiger partial charge < -0.3 is 10.2 Å². The molecule has 0 fully saturated rings. The smallest absolute Gasteiger partial charge is 0.252 e. The highest BCUT2D eigenvalue weighted by atomic mass is 16.2. The first-order valence-corrected chi connectivity index (χ1v) is 10.2. The molecule has 154 valence electrons. The zero-order chi connectivity index (χ0) is 21.4. The predicted molar refractivity (Wildman–Crippen MR) is 115 cm³/mol. The highest BCUT2D eigenvalue weighted by molar-refractivity contribution is 6.15. The maximum atomic E-state index is 13.0. The second-order valence-electron chi connectivity index (χ2n) is 7.10. The van der Waals surface area contributed by atoms with Crippen LogP contribution in [0.3, 0.4) is 0 Å². The number of ketones is 1. The molecule has 2 rings (SSSR count). The number of benzene rings is 2. The molecule has 0 saturated heterocycles. The first kappa shape index (κ1) is 22.3. The van der Waals surface area contributed by atoms with Gasteiger partial charge in [0.05, 0.1) is 5.56 Å². The molecule has 2 aromatic rings. The molecular formula is C24H30N2O3. The highest BCUT2D eigenvalue weighted by Crippen LogP contribution is 2.17. The van der Waals surface area contributed by atoms with Crippen LogP contribution in [0.15, 0.2) is 42.5 Å². The zero-order valence-electron chi connectivity index (χ0n) is 17.7. The summed E-state index contributed by atoms with van der Waals surface area (Å²) in [6, 6.07) is 12.4. The molecule has 5 heteroatoms. The minimum absolute atomic E-state index is 0.0922. The first-order chi connectivity index (χ1) is 13.9. The van der Waals surface area contributed by atoms with Crippen molar-refractivity contribution in [2.45, 2.75) is 40.5 Å². The normalized spacial score (nSPS) is 10.5.